The Morgan fingerprint density at radius 1 is 1.45 bits per heavy atom. The van der Waals surface area contributed by atoms with Gasteiger partial charge in [-0.1, -0.05) is 12.2 Å². The normalized spacial score (nSPS) is 17.9. The van der Waals surface area contributed by atoms with Gasteiger partial charge in [0.15, 0.2) is 0 Å². The highest BCUT2D eigenvalue weighted by atomic mass is 32.1. The second kappa shape index (κ2) is 4.82. The summed E-state index contributed by atoms with van der Waals surface area (Å²) in [6.45, 7) is 3.15. The van der Waals surface area contributed by atoms with Crippen LogP contribution in [0.3, 0.4) is 0 Å². The Hall–Kier alpha value is -2.02. The zero-order chi connectivity index (χ0) is 15.1. The number of nitrogens with two attached hydrogens (primary N) is 1. The van der Waals surface area contributed by atoms with E-state index in [4.69, 9.17) is 18.0 Å². The van der Waals surface area contributed by atoms with Gasteiger partial charge in [0.2, 0.25) is 5.91 Å². The van der Waals surface area contributed by atoms with Crippen LogP contribution < -0.4 is 16.0 Å². The number of carbonyl (C=O) groups is 2. The van der Waals surface area contributed by atoms with Crippen molar-refractivity contribution in [3.8, 4) is 0 Å². The number of hydrogen-bond acceptors (Lipinski definition) is 4. The van der Waals surface area contributed by atoms with Crippen molar-refractivity contribution in [2.45, 2.75) is 19.4 Å². The lowest BCUT2D eigenvalue weighted by atomic mass is 9.97. The van der Waals surface area contributed by atoms with Crippen LogP contribution in [0.5, 0.6) is 0 Å². The van der Waals surface area contributed by atoms with Crippen molar-refractivity contribution < 1.29 is 14.0 Å². The summed E-state index contributed by atoms with van der Waals surface area (Å²) >= 11 is 4.78. The summed E-state index contributed by atoms with van der Waals surface area (Å²) in [4.78, 5) is 24.9. The molecule has 0 unspecified atom stereocenters. The van der Waals surface area contributed by atoms with E-state index in [0.717, 1.165) is 0 Å². The summed E-state index contributed by atoms with van der Waals surface area (Å²) < 4.78 is 14.2. The molecule has 0 saturated carbocycles. The number of carbonyl (C=O) groups excluding carboxylic acids is 2. The molecule has 1 heterocycles. The molecule has 1 aliphatic heterocycles. The molecule has 7 heteroatoms. The predicted octanol–water partition coefficient (Wildman–Crippen LogP) is 0.701. The first kappa shape index (κ1) is 14.4. The number of imide groups is 1. The van der Waals surface area contributed by atoms with E-state index in [0.29, 0.717) is 5.56 Å². The van der Waals surface area contributed by atoms with Gasteiger partial charge in [-0.2, -0.15) is 0 Å². The summed E-state index contributed by atoms with van der Waals surface area (Å²) in [5, 5.41) is 2.24. The molecule has 0 atom stereocenters. The summed E-state index contributed by atoms with van der Waals surface area (Å²) in [6.07, 6.45) is 0. The summed E-state index contributed by atoms with van der Waals surface area (Å²) in [5.41, 5.74) is 4.97. The maximum Gasteiger partial charge on any atom is 0.251 e. The Morgan fingerprint density at radius 2 is 2.10 bits per heavy atom. The number of nitrogens with one attached hydrogen (secondary N) is 1. The van der Waals surface area contributed by atoms with Gasteiger partial charge in [0.1, 0.15) is 16.3 Å². The van der Waals surface area contributed by atoms with Gasteiger partial charge in [0.25, 0.3) is 5.91 Å². The number of rotatable bonds is 2. The van der Waals surface area contributed by atoms with E-state index in [1.54, 1.807) is 19.9 Å². The molecule has 2 rings (SSSR count). The lowest BCUT2D eigenvalue weighted by molar-refractivity contribution is -0.135. The minimum absolute atomic E-state index is 0.0853. The first-order valence-electron chi connectivity index (χ1n) is 5.95. The van der Waals surface area contributed by atoms with Crippen LogP contribution in [0.1, 0.15) is 19.4 Å². The number of piperazine rings is 1. The predicted molar refractivity (Wildman–Crippen MR) is 76.9 cm³/mol. The van der Waals surface area contributed by atoms with E-state index < -0.39 is 23.2 Å². The third-order valence-corrected chi connectivity index (χ3v) is 3.54. The number of nitrogens with zero attached hydrogens (tertiary/aromatic N) is 1. The largest absolute Gasteiger partial charge is 0.389 e. The van der Waals surface area contributed by atoms with Crippen LogP contribution in [0.25, 0.3) is 0 Å². The molecule has 2 amide bonds. The Kier molecular flexibility index (Phi) is 3.47. The molecule has 106 valence electrons. The second-order valence-corrected chi connectivity index (χ2v) is 5.49. The van der Waals surface area contributed by atoms with E-state index >= 15 is 0 Å². The molecular formula is C13H14FN3O2S. The monoisotopic (exact) mass is 295 g/mol. The zero-order valence-electron chi connectivity index (χ0n) is 11.1. The van der Waals surface area contributed by atoms with Crippen molar-refractivity contribution in [3.05, 3.63) is 29.6 Å². The van der Waals surface area contributed by atoms with Crippen LogP contribution in [0, 0.1) is 5.82 Å². The number of hydrogen-bond donors (Lipinski definition) is 2. The third-order valence-electron chi connectivity index (χ3n) is 3.31. The molecule has 20 heavy (non-hydrogen) atoms. The quantitative estimate of drug-likeness (QED) is 0.620. The van der Waals surface area contributed by atoms with E-state index in [1.165, 1.54) is 17.0 Å². The summed E-state index contributed by atoms with van der Waals surface area (Å²) in [5.74, 6) is -1.51. The Labute approximate surface area is 120 Å². The van der Waals surface area contributed by atoms with Crippen LogP contribution in [0.2, 0.25) is 0 Å². The van der Waals surface area contributed by atoms with Gasteiger partial charge < -0.3 is 10.6 Å². The van der Waals surface area contributed by atoms with Crippen LogP contribution in [-0.4, -0.2) is 28.9 Å². The number of halogens is 1. The van der Waals surface area contributed by atoms with Gasteiger partial charge in [-0.25, -0.2) is 4.39 Å². The van der Waals surface area contributed by atoms with Gasteiger partial charge in [-0.05, 0) is 32.0 Å². The van der Waals surface area contributed by atoms with E-state index in [1.807, 2.05) is 0 Å². The highest BCUT2D eigenvalue weighted by Gasteiger charge is 2.41. The van der Waals surface area contributed by atoms with Crippen molar-refractivity contribution in [2.24, 2.45) is 5.73 Å². The molecule has 0 spiro atoms. The average Bonchev–Trinajstić information content (AvgIpc) is 2.34. The SMILES string of the molecule is CC1(C)C(=O)NC(=O)CN1c1ccc(C(N)=S)cc1F. The van der Waals surface area contributed by atoms with Crippen molar-refractivity contribution in [3.63, 3.8) is 0 Å². The molecular weight excluding hydrogens is 281 g/mol. The Morgan fingerprint density at radius 3 is 2.65 bits per heavy atom. The van der Waals surface area contributed by atoms with Gasteiger partial charge in [0, 0.05) is 5.56 Å². The minimum atomic E-state index is -1.03. The van der Waals surface area contributed by atoms with Gasteiger partial charge >= 0.3 is 0 Å². The topological polar surface area (TPSA) is 75.4 Å². The molecule has 5 nitrogen and oxygen atoms in total. The van der Waals surface area contributed by atoms with Crippen LogP contribution in [0.4, 0.5) is 10.1 Å². The fourth-order valence-electron chi connectivity index (χ4n) is 2.05. The molecule has 1 aromatic carbocycles. The molecule has 0 bridgehead atoms. The number of anilines is 1. The molecule has 0 aliphatic carbocycles. The average molecular weight is 295 g/mol. The van der Waals surface area contributed by atoms with Crippen LogP contribution in [0.15, 0.2) is 18.2 Å². The molecule has 1 aliphatic rings. The van der Waals surface area contributed by atoms with E-state index in [-0.39, 0.29) is 17.2 Å². The second-order valence-electron chi connectivity index (χ2n) is 5.05. The molecule has 0 radical (unpaired) electrons. The van der Waals surface area contributed by atoms with Crippen LogP contribution in [-0.2, 0) is 9.59 Å². The van der Waals surface area contributed by atoms with Crippen molar-refractivity contribution in [1.82, 2.24) is 5.32 Å². The van der Waals surface area contributed by atoms with Crippen molar-refractivity contribution >= 4 is 34.7 Å². The fraction of sp³-hybridized carbons (Fsp3) is 0.308. The highest BCUT2D eigenvalue weighted by molar-refractivity contribution is 7.80. The number of benzene rings is 1. The summed E-state index contributed by atoms with van der Waals surface area (Å²) in [6, 6.07) is 4.23. The number of thiocarbonyl (C=S) groups is 1. The third kappa shape index (κ3) is 2.36. The molecule has 1 saturated heterocycles. The molecule has 1 fully saturated rings. The van der Waals surface area contributed by atoms with E-state index in [2.05, 4.69) is 5.32 Å². The molecule has 1 aromatic rings. The van der Waals surface area contributed by atoms with Gasteiger partial charge in [-0.3, -0.25) is 14.9 Å². The maximum absolute atomic E-state index is 14.2. The summed E-state index contributed by atoms with van der Waals surface area (Å²) in [7, 11) is 0. The lowest BCUT2D eigenvalue weighted by Crippen LogP contribution is -2.64. The lowest BCUT2D eigenvalue weighted by Gasteiger charge is -2.41. The van der Waals surface area contributed by atoms with Gasteiger partial charge in [-0.15, -0.1) is 0 Å². The smallest absolute Gasteiger partial charge is 0.251 e. The maximum atomic E-state index is 14.2. The van der Waals surface area contributed by atoms with Crippen molar-refractivity contribution in [2.75, 3.05) is 11.4 Å². The molecule has 0 aromatic heterocycles. The Bertz CT molecular complexity index is 616. The van der Waals surface area contributed by atoms with Gasteiger partial charge in [0.05, 0.1) is 12.2 Å². The Balaban J connectivity index is 2.46. The first-order chi connectivity index (χ1) is 9.23. The van der Waals surface area contributed by atoms with Crippen molar-refractivity contribution in [1.29, 1.82) is 0 Å². The number of amides is 2. The highest BCUT2D eigenvalue weighted by Crippen LogP contribution is 2.29. The van der Waals surface area contributed by atoms with Crippen LogP contribution >= 0.6 is 12.2 Å². The minimum Gasteiger partial charge on any atom is -0.389 e. The zero-order valence-corrected chi connectivity index (χ0v) is 11.9. The fourth-order valence-corrected chi connectivity index (χ4v) is 2.18. The first-order valence-corrected chi connectivity index (χ1v) is 6.35. The van der Waals surface area contributed by atoms with E-state index in [9.17, 15) is 14.0 Å². The standard InChI is InChI=1S/C13H14FN3O2S/c1-13(2)12(19)16-10(18)6-17(13)9-4-3-7(11(15)20)5-8(9)14/h3-5H,6H2,1-2H3,(H2,15,20)(H,16,18,19). The molecule has 3 N–H and O–H groups in total.